The summed E-state index contributed by atoms with van der Waals surface area (Å²) in [5.41, 5.74) is 3.60. The first-order chi connectivity index (χ1) is 19.7. The number of amides is 1. The largest absolute Gasteiger partial charge is 0.496 e. The Morgan fingerprint density at radius 1 is 1.20 bits per heavy atom. The van der Waals surface area contributed by atoms with E-state index in [1.165, 1.54) is 17.8 Å². The second kappa shape index (κ2) is 12.2. The van der Waals surface area contributed by atoms with Gasteiger partial charge in [-0.15, -0.1) is 0 Å². The molecule has 2 aromatic heterocycles. The molecule has 1 aliphatic carbocycles. The standard InChI is InChI=1S/C30H29F2N5O3S/c1-16-13-21(28(31)32)36-30(34-16)41-15-19-14-18(10-11-23(19)40-3)26-25(29(39)37-24-9-4-5-12-33-24)17(2)35-20-7-6-8-22(38)27(20)26/h4-5,7,9-14,26-28,35H,6,8,15H2,1-3H3,(H,33,37,39)/p+1. The van der Waals surface area contributed by atoms with Crippen molar-refractivity contribution in [3.8, 4) is 5.75 Å². The molecule has 0 fully saturated rings. The van der Waals surface area contributed by atoms with E-state index in [0.717, 1.165) is 16.8 Å². The lowest BCUT2D eigenvalue weighted by molar-refractivity contribution is -0.360. The maximum absolute atomic E-state index is 13.7. The SMILES string of the molecule is COc1ccc(C2C(C(=O)Nc3cccc[nH+]3)=C(C)NC3=CCCC(=O)C32)cc1CSc1nc(C)cc(C(F)F)n1. The molecule has 2 unspecified atom stereocenters. The smallest absolute Gasteiger partial charge is 0.337 e. The number of ketones is 1. The van der Waals surface area contributed by atoms with Gasteiger partial charge in [0, 0.05) is 46.8 Å². The average molecular weight is 579 g/mol. The number of hydrogen-bond donors (Lipinski definition) is 2. The van der Waals surface area contributed by atoms with Crippen LogP contribution in [0.15, 0.2) is 76.9 Å². The van der Waals surface area contributed by atoms with Gasteiger partial charge in [0.05, 0.1) is 24.8 Å². The van der Waals surface area contributed by atoms with E-state index >= 15 is 0 Å². The van der Waals surface area contributed by atoms with Gasteiger partial charge in [-0.25, -0.2) is 33.8 Å². The molecule has 1 amide bonds. The van der Waals surface area contributed by atoms with Gasteiger partial charge in [-0.05, 0) is 44.0 Å². The van der Waals surface area contributed by atoms with Crippen LogP contribution in [0.2, 0.25) is 0 Å². The number of halogens is 2. The maximum Gasteiger partial charge on any atom is 0.337 e. The number of H-pyrrole nitrogens is 1. The van der Waals surface area contributed by atoms with E-state index in [9.17, 15) is 18.4 Å². The number of ether oxygens (including phenoxy) is 1. The Hall–Kier alpha value is -4.12. The molecule has 41 heavy (non-hydrogen) atoms. The monoisotopic (exact) mass is 578 g/mol. The lowest BCUT2D eigenvalue weighted by Crippen LogP contribution is -2.41. The summed E-state index contributed by atoms with van der Waals surface area (Å²) in [5.74, 6) is 0.0977. The molecule has 5 rings (SSSR count). The van der Waals surface area contributed by atoms with Crippen molar-refractivity contribution >= 4 is 29.3 Å². The van der Waals surface area contributed by atoms with Crippen molar-refractivity contribution in [2.75, 3.05) is 12.4 Å². The molecule has 1 aliphatic heterocycles. The quantitative estimate of drug-likeness (QED) is 0.276. The molecule has 3 N–H and O–H groups in total. The van der Waals surface area contributed by atoms with Gasteiger partial charge >= 0.3 is 5.91 Å². The number of Topliss-reactive ketones (excluding diaryl/α,β-unsaturated/α-hetero) is 1. The van der Waals surface area contributed by atoms with Crippen LogP contribution in [0.5, 0.6) is 5.75 Å². The van der Waals surface area contributed by atoms with E-state index in [-0.39, 0.29) is 22.5 Å². The van der Waals surface area contributed by atoms with E-state index in [0.29, 0.717) is 47.1 Å². The molecule has 3 heterocycles. The maximum atomic E-state index is 13.7. The third kappa shape index (κ3) is 6.14. The number of nitrogens with zero attached hydrogens (tertiary/aromatic N) is 2. The number of thioether (sulfide) groups is 1. The van der Waals surface area contributed by atoms with Crippen molar-refractivity contribution in [2.45, 2.75) is 49.9 Å². The fourth-order valence-corrected chi connectivity index (χ4v) is 6.21. The van der Waals surface area contributed by atoms with Crippen molar-refractivity contribution < 1.29 is 28.1 Å². The van der Waals surface area contributed by atoms with Gasteiger partial charge in [0.25, 0.3) is 12.2 Å². The molecule has 0 bridgehead atoms. The molecular weight excluding hydrogens is 548 g/mol. The average Bonchev–Trinajstić information content (AvgIpc) is 2.95. The Bertz CT molecular complexity index is 1540. The zero-order chi connectivity index (χ0) is 29.1. The van der Waals surface area contributed by atoms with Gasteiger partial charge in [0.1, 0.15) is 17.2 Å². The fraction of sp³-hybridized carbons (Fsp3) is 0.300. The van der Waals surface area contributed by atoms with Gasteiger partial charge in [0.15, 0.2) is 5.16 Å². The predicted molar refractivity (Wildman–Crippen MR) is 150 cm³/mol. The number of anilines is 1. The number of carbonyl (C=O) groups is 2. The number of methoxy groups -OCH3 is 1. The number of carbonyl (C=O) groups excluding carboxylic acids is 2. The first-order valence-electron chi connectivity index (χ1n) is 13.2. The fourth-order valence-electron chi connectivity index (χ4n) is 5.32. The third-order valence-electron chi connectivity index (χ3n) is 7.12. The predicted octanol–water partition coefficient (Wildman–Crippen LogP) is 5.30. The topological polar surface area (TPSA) is 107 Å². The summed E-state index contributed by atoms with van der Waals surface area (Å²) in [6.45, 7) is 3.49. The third-order valence-corrected chi connectivity index (χ3v) is 8.01. The Kier molecular flexibility index (Phi) is 8.44. The molecule has 0 radical (unpaired) electrons. The van der Waals surface area contributed by atoms with Gasteiger partial charge in [0.2, 0.25) is 0 Å². The number of fused-ring (bicyclic) bond motifs is 1. The van der Waals surface area contributed by atoms with Crippen LogP contribution in [0, 0.1) is 12.8 Å². The molecule has 2 aliphatic rings. The lowest BCUT2D eigenvalue weighted by Gasteiger charge is -2.37. The summed E-state index contributed by atoms with van der Waals surface area (Å²) < 4.78 is 32.2. The summed E-state index contributed by atoms with van der Waals surface area (Å²) >= 11 is 1.22. The van der Waals surface area contributed by atoms with E-state index in [1.807, 2.05) is 43.3 Å². The van der Waals surface area contributed by atoms with Crippen LogP contribution in [0.4, 0.5) is 14.6 Å². The molecule has 2 atom stereocenters. The molecule has 8 nitrogen and oxygen atoms in total. The van der Waals surface area contributed by atoms with E-state index in [2.05, 4.69) is 25.6 Å². The highest BCUT2D eigenvalue weighted by atomic mass is 32.2. The highest BCUT2D eigenvalue weighted by Crippen LogP contribution is 2.45. The molecule has 3 aromatic rings. The number of nitrogens with one attached hydrogen (secondary N) is 3. The summed E-state index contributed by atoms with van der Waals surface area (Å²) in [6.07, 6.45) is 2.08. The summed E-state index contributed by atoms with van der Waals surface area (Å²) in [4.78, 5) is 38.4. The second-order valence-electron chi connectivity index (χ2n) is 9.89. The van der Waals surface area contributed by atoms with E-state index in [4.69, 9.17) is 4.74 Å². The Balaban J connectivity index is 1.53. The molecule has 11 heteroatoms. The van der Waals surface area contributed by atoms with Crippen LogP contribution in [0.3, 0.4) is 0 Å². The molecule has 1 aromatic carbocycles. The molecule has 0 spiro atoms. The van der Waals surface area contributed by atoms with Crippen LogP contribution in [0.25, 0.3) is 0 Å². The zero-order valence-electron chi connectivity index (χ0n) is 22.8. The first-order valence-corrected chi connectivity index (χ1v) is 14.2. The number of alkyl halides is 2. The number of hydrogen-bond acceptors (Lipinski definition) is 7. The minimum atomic E-state index is -2.70. The van der Waals surface area contributed by atoms with Gasteiger partial charge < -0.3 is 10.1 Å². The molecular formula is C30H30F2N5O3S+. The minimum Gasteiger partial charge on any atom is -0.496 e. The number of rotatable bonds is 8. The summed E-state index contributed by atoms with van der Waals surface area (Å²) in [6, 6.07) is 12.2. The van der Waals surface area contributed by atoms with Crippen LogP contribution >= 0.6 is 11.8 Å². The molecule has 212 valence electrons. The number of pyridine rings is 1. The van der Waals surface area contributed by atoms with Crippen LogP contribution in [-0.4, -0.2) is 28.8 Å². The van der Waals surface area contributed by atoms with Crippen LogP contribution in [0.1, 0.15) is 54.6 Å². The van der Waals surface area contributed by atoms with Gasteiger partial charge in [-0.1, -0.05) is 36.0 Å². The van der Waals surface area contributed by atoms with Crippen molar-refractivity contribution in [3.05, 3.63) is 94.2 Å². The first kappa shape index (κ1) is 28.4. The number of aryl methyl sites for hydroxylation is 1. The number of allylic oxidation sites excluding steroid dienone is 3. The number of aromatic amines is 1. The van der Waals surface area contributed by atoms with Crippen molar-refractivity contribution in [1.29, 1.82) is 0 Å². The van der Waals surface area contributed by atoms with Crippen LogP contribution < -0.4 is 20.4 Å². The van der Waals surface area contributed by atoms with Crippen LogP contribution in [-0.2, 0) is 15.3 Å². The number of benzene rings is 1. The Morgan fingerprint density at radius 3 is 2.76 bits per heavy atom. The highest BCUT2D eigenvalue weighted by Gasteiger charge is 2.44. The highest BCUT2D eigenvalue weighted by molar-refractivity contribution is 7.98. The molecule has 0 saturated carbocycles. The Labute approximate surface area is 240 Å². The Morgan fingerprint density at radius 2 is 2.02 bits per heavy atom. The normalized spacial score (nSPS) is 18.5. The lowest BCUT2D eigenvalue weighted by atomic mass is 9.70. The van der Waals surface area contributed by atoms with E-state index in [1.54, 1.807) is 26.3 Å². The van der Waals surface area contributed by atoms with Crippen molar-refractivity contribution in [1.82, 2.24) is 15.3 Å². The molecule has 0 saturated heterocycles. The summed E-state index contributed by atoms with van der Waals surface area (Å²) in [5, 5.41) is 6.47. The second-order valence-corrected chi connectivity index (χ2v) is 10.8. The minimum absolute atomic E-state index is 0.0588. The van der Waals surface area contributed by atoms with Gasteiger partial charge in [-0.3, -0.25) is 4.79 Å². The van der Waals surface area contributed by atoms with Gasteiger partial charge in [-0.2, -0.15) is 0 Å². The number of aromatic nitrogens is 3. The van der Waals surface area contributed by atoms with Crippen molar-refractivity contribution in [2.24, 2.45) is 5.92 Å². The zero-order valence-corrected chi connectivity index (χ0v) is 23.6. The summed E-state index contributed by atoms with van der Waals surface area (Å²) in [7, 11) is 1.55. The van der Waals surface area contributed by atoms with E-state index < -0.39 is 18.3 Å². The van der Waals surface area contributed by atoms with Crippen molar-refractivity contribution in [3.63, 3.8) is 0 Å².